The minimum atomic E-state index is -4.24. The molecule has 1 aromatic rings. The topological polar surface area (TPSA) is 114 Å². The Kier molecular flexibility index (Phi) is 4.05. The van der Waals surface area contributed by atoms with Crippen molar-refractivity contribution in [3.63, 3.8) is 0 Å². The van der Waals surface area contributed by atoms with E-state index in [1.165, 1.54) is 31.3 Å². The highest BCUT2D eigenvalue weighted by molar-refractivity contribution is 7.85. The molecule has 0 spiro atoms. The monoisotopic (exact) mass is 263 g/mol. The number of nitrogens with one attached hydrogen (secondary N) is 1. The average Bonchev–Trinajstić information content (AvgIpc) is 2.28. The van der Waals surface area contributed by atoms with Gasteiger partial charge >= 0.3 is 0 Å². The Bertz CT molecular complexity index is 662. The van der Waals surface area contributed by atoms with E-state index in [0.717, 1.165) is 0 Å². The molecular weight excluding hydrogens is 254 g/mol. The number of nitriles is 2. The van der Waals surface area contributed by atoms with Gasteiger partial charge in [-0.25, -0.2) is 0 Å². The predicted molar refractivity (Wildman–Crippen MR) is 63.9 cm³/mol. The van der Waals surface area contributed by atoms with Crippen molar-refractivity contribution in [2.24, 2.45) is 0 Å². The third-order valence-electron chi connectivity index (χ3n) is 2.08. The molecule has 6 nitrogen and oxygen atoms in total. The molecule has 0 amide bonds. The zero-order valence-electron chi connectivity index (χ0n) is 9.38. The second-order valence-corrected chi connectivity index (χ2v) is 4.77. The summed E-state index contributed by atoms with van der Waals surface area (Å²) in [6.07, 6.45) is 1.21. The molecule has 1 aromatic carbocycles. The first-order valence-corrected chi connectivity index (χ1v) is 6.17. The fourth-order valence-electron chi connectivity index (χ4n) is 1.27. The summed E-state index contributed by atoms with van der Waals surface area (Å²) in [6.45, 7) is 1.52. The molecule has 0 aliphatic rings. The van der Waals surface area contributed by atoms with Crippen molar-refractivity contribution in [2.75, 3.05) is 5.32 Å². The molecule has 0 aliphatic heterocycles. The van der Waals surface area contributed by atoms with Gasteiger partial charge in [0, 0.05) is 11.9 Å². The van der Waals surface area contributed by atoms with Gasteiger partial charge in [-0.1, -0.05) is 0 Å². The zero-order chi connectivity index (χ0) is 13.8. The smallest absolute Gasteiger partial charge is 0.294 e. The van der Waals surface area contributed by atoms with Crippen molar-refractivity contribution in [1.82, 2.24) is 0 Å². The van der Waals surface area contributed by atoms with Crippen molar-refractivity contribution in [3.05, 3.63) is 35.5 Å². The number of anilines is 1. The first-order valence-electron chi connectivity index (χ1n) is 4.73. The number of allylic oxidation sites excluding steroid dienone is 1. The van der Waals surface area contributed by atoms with Gasteiger partial charge in [0.1, 0.15) is 17.7 Å². The van der Waals surface area contributed by atoms with Gasteiger partial charge in [0.15, 0.2) is 0 Å². The maximum Gasteiger partial charge on any atom is 0.294 e. The minimum Gasteiger partial charge on any atom is -0.360 e. The number of benzene rings is 1. The van der Waals surface area contributed by atoms with Crippen molar-refractivity contribution >= 4 is 15.8 Å². The summed E-state index contributed by atoms with van der Waals surface area (Å²) in [4.78, 5) is -0.183. The second-order valence-electron chi connectivity index (χ2n) is 3.38. The van der Waals surface area contributed by atoms with Crippen LogP contribution in [0.25, 0.3) is 0 Å². The molecule has 92 valence electrons. The standard InChI is InChI=1S/C11H9N3O3S/c1-8-4-10(14-7-9(5-12)6-13)2-3-11(8)18(15,16)17/h2-4,7,14H,1H3,(H,15,16,17). The van der Waals surface area contributed by atoms with Gasteiger partial charge in [-0.05, 0) is 30.7 Å². The lowest BCUT2D eigenvalue weighted by atomic mass is 10.2. The normalized spacial score (nSPS) is 10.0. The van der Waals surface area contributed by atoms with Crippen LogP contribution in [0.4, 0.5) is 5.69 Å². The second kappa shape index (κ2) is 5.32. The van der Waals surface area contributed by atoms with E-state index in [1.807, 2.05) is 0 Å². The Morgan fingerprint density at radius 2 is 2.00 bits per heavy atom. The van der Waals surface area contributed by atoms with Crippen LogP contribution < -0.4 is 5.32 Å². The third-order valence-corrected chi connectivity index (χ3v) is 3.09. The van der Waals surface area contributed by atoms with Gasteiger partial charge < -0.3 is 5.32 Å². The number of aryl methyl sites for hydroxylation is 1. The van der Waals surface area contributed by atoms with Crippen LogP contribution >= 0.6 is 0 Å². The maximum absolute atomic E-state index is 11.0. The van der Waals surface area contributed by atoms with Crippen molar-refractivity contribution in [1.29, 1.82) is 10.5 Å². The van der Waals surface area contributed by atoms with E-state index in [4.69, 9.17) is 15.1 Å². The van der Waals surface area contributed by atoms with Gasteiger partial charge in [-0.3, -0.25) is 4.55 Å². The molecule has 0 saturated carbocycles. The van der Waals surface area contributed by atoms with Crippen molar-refractivity contribution < 1.29 is 13.0 Å². The molecule has 0 aromatic heterocycles. The van der Waals surface area contributed by atoms with Gasteiger partial charge in [-0.15, -0.1) is 0 Å². The Morgan fingerprint density at radius 1 is 1.39 bits per heavy atom. The summed E-state index contributed by atoms with van der Waals surface area (Å²) >= 11 is 0. The van der Waals surface area contributed by atoms with Gasteiger partial charge in [0.25, 0.3) is 10.1 Å². The van der Waals surface area contributed by atoms with Crippen molar-refractivity contribution in [2.45, 2.75) is 11.8 Å². The van der Waals surface area contributed by atoms with E-state index in [0.29, 0.717) is 11.3 Å². The highest BCUT2D eigenvalue weighted by Crippen LogP contribution is 2.19. The maximum atomic E-state index is 11.0. The molecule has 0 fully saturated rings. The average molecular weight is 263 g/mol. The van der Waals surface area contributed by atoms with Crippen LogP contribution in [-0.2, 0) is 10.1 Å². The first kappa shape index (κ1) is 13.7. The zero-order valence-corrected chi connectivity index (χ0v) is 10.2. The van der Waals surface area contributed by atoms with E-state index in [1.54, 1.807) is 12.1 Å². The van der Waals surface area contributed by atoms with Crippen LogP contribution in [0.3, 0.4) is 0 Å². The predicted octanol–water partition coefficient (Wildman–Crippen LogP) is 1.58. The van der Waals surface area contributed by atoms with Crippen LogP contribution in [0.1, 0.15) is 5.56 Å². The third kappa shape index (κ3) is 3.32. The van der Waals surface area contributed by atoms with Crippen molar-refractivity contribution in [3.8, 4) is 12.1 Å². The molecule has 0 aliphatic carbocycles. The first-order chi connectivity index (χ1) is 8.38. The summed E-state index contributed by atoms with van der Waals surface area (Å²) in [5, 5.41) is 19.7. The Hall–Kier alpha value is -2.35. The Morgan fingerprint density at radius 3 is 2.44 bits per heavy atom. The molecule has 0 saturated heterocycles. The Balaban J connectivity index is 3.05. The molecule has 0 unspecified atom stereocenters. The van der Waals surface area contributed by atoms with Crippen LogP contribution in [-0.4, -0.2) is 13.0 Å². The SMILES string of the molecule is Cc1cc(NC=C(C#N)C#N)ccc1S(=O)(=O)O. The summed E-state index contributed by atoms with van der Waals surface area (Å²) in [7, 11) is -4.24. The molecule has 2 N–H and O–H groups in total. The molecule has 0 atom stereocenters. The summed E-state index contributed by atoms with van der Waals surface area (Å²) in [5.74, 6) is 0. The summed E-state index contributed by atoms with van der Waals surface area (Å²) < 4.78 is 30.8. The highest BCUT2D eigenvalue weighted by Gasteiger charge is 2.12. The molecule has 0 bridgehead atoms. The summed E-state index contributed by atoms with van der Waals surface area (Å²) in [6, 6.07) is 7.48. The van der Waals surface area contributed by atoms with Crippen LogP contribution in [0.2, 0.25) is 0 Å². The van der Waals surface area contributed by atoms with E-state index >= 15 is 0 Å². The molecular formula is C11H9N3O3S. The van der Waals surface area contributed by atoms with Gasteiger partial charge in [0.2, 0.25) is 0 Å². The number of rotatable bonds is 3. The fraction of sp³-hybridized carbons (Fsp3) is 0.0909. The van der Waals surface area contributed by atoms with Crippen LogP contribution in [0.5, 0.6) is 0 Å². The lowest BCUT2D eigenvalue weighted by Crippen LogP contribution is -2.01. The number of hydrogen-bond donors (Lipinski definition) is 2. The van der Waals surface area contributed by atoms with E-state index in [2.05, 4.69) is 5.32 Å². The fourth-order valence-corrected chi connectivity index (χ4v) is 1.98. The highest BCUT2D eigenvalue weighted by atomic mass is 32.2. The van der Waals surface area contributed by atoms with Gasteiger partial charge in [0.05, 0.1) is 4.90 Å². The molecule has 18 heavy (non-hydrogen) atoms. The van der Waals surface area contributed by atoms with E-state index in [-0.39, 0.29) is 10.5 Å². The molecule has 0 radical (unpaired) electrons. The van der Waals surface area contributed by atoms with Gasteiger partial charge in [-0.2, -0.15) is 18.9 Å². The minimum absolute atomic E-state index is 0.105. The van der Waals surface area contributed by atoms with Crippen LogP contribution in [0.15, 0.2) is 34.9 Å². The quantitative estimate of drug-likeness (QED) is 0.632. The lowest BCUT2D eigenvalue weighted by Gasteiger charge is -2.05. The van der Waals surface area contributed by atoms with E-state index in [9.17, 15) is 8.42 Å². The Labute approximate surface area is 105 Å². The summed E-state index contributed by atoms with van der Waals surface area (Å²) in [5.41, 5.74) is 0.751. The molecule has 1 rings (SSSR count). The largest absolute Gasteiger partial charge is 0.360 e. The van der Waals surface area contributed by atoms with Crippen LogP contribution in [0, 0.1) is 29.6 Å². The lowest BCUT2D eigenvalue weighted by molar-refractivity contribution is 0.482. The molecule has 7 heteroatoms. The molecule has 0 heterocycles. The number of nitrogens with zero attached hydrogens (tertiary/aromatic N) is 2. The number of hydrogen-bond acceptors (Lipinski definition) is 5. The van der Waals surface area contributed by atoms with E-state index < -0.39 is 10.1 Å².